The Balaban J connectivity index is 1.68. The van der Waals surface area contributed by atoms with E-state index in [-0.39, 0.29) is 17.3 Å². The van der Waals surface area contributed by atoms with E-state index in [9.17, 15) is 14.7 Å². The second kappa shape index (κ2) is 5.95. The maximum absolute atomic E-state index is 12.4. The average molecular weight is 351 g/mol. The first-order valence-electron chi connectivity index (χ1n) is 8.77. The highest BCUT2D eigenvalue weighted by Gasteiger charge is 2.58. The van der Waals surface area contributed by atoms with Crippen molar-refractivity contribution in [2.75, 3.05) is 6.54 Å². The maximum atomic E-state index is 12.4. The Kier molecular flexibility index (Phi) is 3.84. The van der Waals surface area contributed by atoms with E-state index in [1.54, 1.807) is 24.3 Å². The van der Waals surface area contributed by atoms with E-state index < -0.39 is 18.0 Å². The Bertz CT molecular complexity index is 861. The summed E-state index contributed by atoms with van der Waals surface area (Å²) in [4.78, 5) is 30.0. The van der Waals surface area contributed by atoms with Crippen molar-refractivity contribution >= 4 is 11.9 Å². The van der Waals surface area contributed by atoms with Crippen molar-refractivity contribution in [3.8, 4) is 0 Å². The van der Waals surface area contributed by atoms with Crippen LogP contribution in [0.5, 0.6) is 0 Å². The van der Waals surface area contributed by atoms with Crippen molar-refractivity contribution in [3.63, 3.8) is 0 Å². The number of carboxylic acids is 1. The van der Waals surface area contributed by atoms with Crippen molar-refractivity contribution in [1.29, 1.82) is 0 Å². The van der Waals surface area contributed by atoms with Gasteiger partial charge in [-0.25, -0.2) is 4.79 Å². The summed E-state index contributed by atoms with van der Waals surface area (Å²) in [5.41, 5.74) is 2.47. The lowest BCUT2D eigenvalue weighted by atomic mass is 9.76. The van der Waals surface area contributed by atoms with Crippen LogP contribution in [0.25, 0.3) is 0 Å². The summed E-state index contributed by atoms with van der Waals surface area (Å²) < 4.78 is 0. The molecule has 1 heterocycles. The van der Waals surface area contributed by atoms with Gasteiger partial charge >= 0.3 is 11.9 Å². The molecular formula is C21H21NO4. The highest BCUT2D eigenvalue weighted by Crippen LogP contribution is 2.56. The largest absolute Gasteiger partial charge is 0.480 e. The Morgan fingerprint density at radius 2 is 1.73 bits per heavy atom. The molecule has 2 aromatic rings. The fourth-order valence-electron chi connectivity index (χ4n) is 4.56. The highest BCUT2D eigenvalue weighted by atomic mass is 16.7. The predicted octanol–water partition coefficient (Wildman–Crippen LogP) is 3.22. The van der Waals surface area contributed by atoms with E-state index in [2.05, 4.69) is 19.9 Å². The molecule has 3 atom stereocenters. The summed E-state index contributed by atoms with van der Waals surface area (Å²) in [6.45, 7) is 4.68. The number of fused-ring (bicyclic) bond motifs is 3. The molecule has 1 saturated heterocycles. The fourth-order valence-corrected chi connectivity index (χ4v) is 4.56. The molecule has 0 spiro atoms. The van der Waals surface area contributed by atoms with Crippen LogP contribution in [0.4, 0.5) is 0 Å². The number of benzene rings is 2. The third kappa shape index (κ3) is 2.42. The van der Waals surface area contributed by atoms with E-state index in [0.29, 0.717) is 12.1 Å². The van der Waals surface area contributed by atoms with Crippen molar-refractivity contribution < 1.29 is 19.5 Å². The molecule has 134 valence electrons. The Hall–Kier alpha value is -2.66. The number of nitrogens with zero attached hydrogens (tertiary/aromatic N) is 1. The average Bonchev–Trinajstić information content (AvgIpc) is 3.11. The van der Waals surface area contributed by atoms with Crippen LogP contribution in [0.15, 0.2) is 54.6 Å². The predicted molar refractivity (Wildman–Crippen MR) is 95.7 cm³/mol. The highest BCUT2D eigenvalue weighted by molar-refractivity contribution is 5.89. The van der Waals surface area contributed by atoms with Gasteiger partial charge in [-0.15, -0.1) is 5.06 Å². The lowest BCUT2D eigenvalue weighted by Crippen LogP contribution is -2.40. The van der Waals surface area contributed by atoms with Gasteiger partial charge in [0.15, 0.2) is 6.04 Å². The minimum absolute atomic E-state index is 0.0737. The Labute approximate surface area is 152 Å². The maximum Gasteiger partial charge on any atom is 0.357 e. The van der Waals surface area contributed by atoms with Crippen LogP contribution in [-0.2, 0) is 15.0 Å². The standard InChI is InChI=1S/C21H21NO4/c1-21(2)15-11-7-6-10-14(15)17-16(21)12-22(18(17)19(23)24)26-20(25)13-8-4-3-5-9-13/h3-11,16-18H,12H2,1-2H3,(H,23,24)/t16?,17-,18-/m0/s1. The van der Waals surface area contributed by atoms with E-state index in [4.69, 9.17) is 4.84 Å². The summed E-state index contributed by atoms with van der Waals surface area (Å²) in [5, 5.41) is 11.2. The molecule has 0 aromatic heterocycles. The number of hydroxylamine groups is 2. The van der Waals surface area contributed by atoms with Crippen LogP contribution in [-0.4, -0.2) is 34.7 Å². The summed E-state index contributed by atoms with van der Waals surface area (Å²) in [5.74, 6) is -1.61. The summed E-state index contributed by atoms with van der Waals surface area (Å²) in [7, 11) is 0. The van der Waals surface area contributed by atoms with E-state index >= 15 is 0 Å². The zero-order valence-electron chi connectivity index (χ0n) is 14.8. The van der Waals surface area contributed by atoms with Crippen LogP contribution < -0.4 is 0 Å². The van der Waals surface area contributed by atoms with Gasteiger partial charge in [0, 0.05) is 12.5 Å². The zero-order valence-corrected chi connectivity index (χ0v) is 14.8. The third-order valence-corrected chi connectivity index (χ3v) is 5.86. The van der Waals surface area contributed by atoms with Gasteiger partial charge in [-0.05, 0) is 34.6 Å². The molecule has 0 amide bonds. The van der Waals surface area contributed by atoms with Gasteiger partial charge < -0.3 is 9.94 Å². The fraction of sp³-hybridized carbons (Fsp3) is 0.333. The molecule has 0 saturated carbocycles. The van der Waals surface area contributed by atoms with Gasteiger partial charge in [0.1, 0.15) is 0 Å². The number of carboxylic acid groups (broad SMARTS) is 1. The topological polar surface area (TPSA) is 66.8 Å². The SMILES string of the molecule is CC1(C)c2ccccc2[C@H]2C1CN(OC(=O)c1ccccc1)[C@@H]2C(=O)O. The number of hydrogen-bond donors (Lipinski definition) is 1. The van der Waals surface area contributed by atoms with Gasteiger partial charge in [-0.3, -0.25) is 4.79 Å². The molecule has 5 heteroatoms. The molecule has 26 heavy (non-hydrogen) atoms. The normalized spacial score (nSPS) is 26.2. The molecule has 5 nitrogen and oxygen atoms in total. The first-order chi connectivity index (χ1) is 12.4. The molecule has 1 fully saturated rings. The second-order valence-electron chi connectivity index (χ2n) is 7.57. The molecule has 0 radical (unpaired) electrons. The van der Waals surface area contributed by atoms with E-state index in [1.165, 1.54) is 10.6 Å². The molecular weight excluding hydrogens is 330 g/mol. The number of rotatable bonds is 3. The van der Waals surface area contributed by atoms with Gasteiger partial charge in [0.2, 0.25) is 0 Å². The van der Waals surface area contributed by atoms with Crippen LogP contribution in [0.3, 0.4) is 0 Å². The third-order valence-electron chi connectivity index (χ3n) is 5.86. The number of hydrogen-bond acceptors (Lipinski definition) is 4. The quantitative estimate of drug-likeness (QED) is 0.920. The smallest absolute Gasteiger partial charge is 0.357 e. The Morgan fingerprint density at radius 3 is 2.42 bits per heavy atom. The Morgan fingerprint density at radius 1 is 1.08 bits per heavy atom. The first-order valence-corrected chi connectivity index (χ1v) is 8.77. The van der Waals surface area contributed by atoms with Gasteiger partial charge in [-0.1, -0.05) is 56.3 Å². The van der Waals surface area contributed by atoms with Crippen LogP contribution >= 0.6 is 0 Å². The minimum Gasteiger partial charge on any atom is -0.480 e. The molecule has 1 aliphatic heterocycles. The molecule has 1 unspecified atom stereocenters. The monoisotopic (exact) mass is 351 g/mol. The molecule has 2 aliphatic rings. The van der Waals surface area contributed by atoms with Gasteiger partial charge in [-0.2, -0.15) is 0 Å². The number of aliphatic carboxylic acids is 1. The van der Waals surface area contributed by atoms with E-state index in [1.807, 2.05) is 24.3 Å². The van der Waals surface area contributed by atoms with Crippen LogP contribution in [0, 0.1) is 5.92 Å². The van der Waals surface area contributed by atoms with Crippen LogP contribution in [0.2, 0.25) is 0 Å². The second-order valence-corrected chi connectivity index (χ2v) is 7.57. The van der Waals surface area contributed by atoms with Crippen LogP contribution in [0.1, 0.15) is 41.3 Å². The molecule has 0 bridgehead atoms. The summed E-state index contributed by atoms with van der Waals surface area (Å²) in [6.07, 6.45) is 0. The molecule has 1 N–H and O–H groups in total. The molecule has 2 aromatic carbocycles. The van der Waals surface area contributed by atoms with Crippen molar-refractivity contribution in [3.05, 3.63) is 71.3 Å². The van der Waals surface area contributed by atoms with Crippen molar-refractivity contribution in [2.45, 2.75) is 31.2 Å². The molecule has 4 rings (SSSR count). The molecule has 1 aliphatic carbocycles. The minimum atomic E-state index is -0.967. The number of carbonyl (C=O) groups is 2. The van der Waals surface area contributed by atoms with E-state index in [0.717, 1.165) is 5.56 Å². The lowest BCUT2D eigenvalue weighted by Gasteiger charge is -2.28. The van der Waals surface area contributed by atoms with Crippen molar-refractivity contribution in [1.82, 2.24) is 5.06 Å². The summed E-state index contributed by atoms with van der Waals surface area (Å²) >= 11 is 0. The summed E-state index contributed by atoms with van der Waals surface area (Å²) in [6, 6.07) is 15.8. The van der Waals surface area contributed by atoms with Gasteiger partial charge in [0.25, 0.3) is 0 Å². The first kappa shape index (κ1) is 16.8. The number of carbonyl (C=O) groups excluding carboxylic acids is 1. The van der Waals surface area contributed by atoms with Gasteiger partial charge in [0.05, 0.1) is 5.56 Å². The van der Waals surface area contributed by atoms with Crippen molar-refractivity contribution in [2.24, 2.45) is 5.92 Å². The lowest BCUT2D eigenvalue weighted by molar-refractivity contribution is -0.164. The zero-order chi connectivity index (χ0) is 18.5.